The molecule has 3 rings (SSSR count). The van der Waals surface area contributed by atoms with Gasteiger partial charge < -0.3 is 10.6 Å². The Morgan fingerprint density at radius 2 is 2.10 bits per heavy atom. The van der Waals surface area contributed by atoms with Crippen molar-refractivity contribution in [1.29, 1.82) is 0 Å². The molecule has 0 bridgehead atoms. The Balaban J connectivity index is 0.00000147. The number of hydrogen-bond acceptors (Lipinski definition) is 2. The van der Waals surface area contributed by atoms with Crippen molar-refractivity contribution in [3.05, 3.63) is 34.1 Å². The molecule has 2 fully saturated rings. The first-order valence-electron chi connectivity index (χ1n) is 6.56. The van der Waals surface area contributed by atoms with E-state index in [9.17, 15) is 9.18 Å². The van der Waals surface area contributed by atoms with Crippen LogP contribution >= 0.6 is 28.3 Å². The highest BCUT2D eigenvalue weighted by Crippen LogP contribution is 2.37. The van der Waals surface area contributed by atoms with E-state index < -0.39 is 0 Å². The highest BCUT2D eigenvalue weighted by atomic mass is 79.9. The number of nitrogens with zero attached hydrogens (tertiary/aromatic N) is 1. The normalized spacial score (nSPS) is 28.1. The lowest BCUT2D eigenvalue weighted by atomic mass is 9.98. The average Bonchev–Trinajstić information content (AvgIpc) is 2.95. The zero-order chi connectivity index (χ0) is 13.6. The van der Waals surface area contributed by atoms with E-state index in [0.717, 1.165) is 25.9 Å². The summed E-state index contributed by atoms with van der Waals surface area (Å²) < 4.78 is 13.5. The summed E-state index contributed by atoms with van der Waals surface area (Å²) in [6.07, 6.45) is 2.18. The fourth-order valence-corrected chi connectivity index (χ4v) is 3.66. The molecule has 2 N–H and O–H groups in total. The molecule has 20 heavy (non-hydrogen) atoms. The number of rotatable bonds is 1. The minimum Gasteiger partial charge on any atom is -0.338 e. The third kappa shape index (κ3) is 2.71. The van der Waals surface area contributed by atoms with E-state index in [-0.39, 0.29) is 30.2 Å². The second-order valence-electron chi connectivity index (χ2n) is 5.50. The summed E-state index contributed by atoms with van der Waals surface area (Å²) in [4.78, 5) is 14.2. The third-order valence-corrected chi connectivity index (χ3v) is 4.97. The van der Waals surface area contributed by atoms with E-state index in [2.05, 4.69) is 15.9 Å². The van der Waals surface area contributed by atoms with Crippen LogP contribution in [0.5, 0.6) is 0 Å². The Kier molecular flexibility index (Phi) is 4.72. The van der Waals surface area contributed by atoms with Crippen molar-refractivity contribution in [1.82, 2.24) is 4.90 Å². The highest BCUT2D eigenvalue weighted by Gasteiger charge is 2.42. The molecule has 1 aliphatic carbocycles. The Bertz CT molecular complexity index is 528. The molecule has 1 aliphatic heterocycles. The first-order chi connectivity index (χ1) is 9.06. The third-order valence-electron chi connectivity index (χ3n) is 4.37. The van der Waals surface area contributed by atoms with E-state index >= 15 is 0 Å². The SMILES string of the molecule is Cl.NC1CCC2CN(C(=O)c3ccc(F)c(Br)c3)CC12. The topological polar surface area (TPSA) is 46.3 Å². The van der Waals surface area contributed by atoms with Crippen molar-refractivity contribution < 1.29 is 9.18 Å². The van der Waals surface area contributed by atoms with Crippen LogP contribution in [0.4, 0.5) is 4.39 Å². The van der Waals surface area contributed by atoms with Crippen LogP contribution in [0.25, 0.3) is 0 Å². The minimum absolute atomic E-state index is 0. The van der Waals surface area contributed by atoms with Gasteiger partial charge in [-0.1, -0.05) is 0 Å². The van der Waals surface area contributed by atoms with E-state index in [0.29, 0.717) is 21.9 Å². The second kappa shape index (κ2) is 6.00. The van der Waals surface area contributed by atoms with Crippen LogP contribution in [-0.2, 0) is 0 Å². The lowest BCUT2D eigenvalue weighted by molar-refractivity contribution is 0.0779. The average molecular weight is 364 g/mol. The number of hydrogen-bond donors (Lipinski definition) is 1. The second-order valence-corrected chi connectivity index (χ2v) is 6.36. The lowest BCUT2D eigenvalue weighted by Crippen LogP contribution is -2.33. The van der Waals surface area contributed by atoms with Gasteiger partial charge in [0.25, 0.3) is 5.91 Å². The summed E-state index contributed by atoms with van der Waals surface area (Å²) in [5.41, 5.74) is 6.60. The summed E-state index contributed by atoms with van der Waals surface area (Å²) >= 11 is 3.12. The zero-order valence-electron chi connectivity index (χ0n) is 10.9. The van der Waals surface area contributed by atoms with Crippen LogP contribution in [-0.4, -0.2) is 29.9 Å². The maximum absolute atomic E-state index is 13.2. The van der Waals surface area contributed by atoms with Crippen LogP contribution in [0.15, 0.2) is 22.7 Å². The van der Waals surface area contributed by atoms with Crippen molar-refractivity contribution >= 4 is 34.2 Å². The van der Waals surface area contributed by atoms with Crippen molar-refractivity contribution in [2.24, 2.45) is 17.6 Å². The van der Waals surface area contributed by atoms with Gasteiger partial charge in [0.05, 0.1) is 4.47 Å². The number of nitrogens with two attached hydrogens (primary N) is 1. The molecule has 1 saturated carbocycles. The van der Waals surface area contributed by atoms with Crippen LogP contribution in [0.1, 0.15) is 23.2 Å². The molecular weight excluding hydrogens is 347 g/mol. The number of halogens is 3. The standard InChI is InChI=1S/C14H16BrFN2O.ClH/c15-11-5-8(1-3-12(11)16)14(19)18-6-9-2-4-13(17)10(9)7-18;/h1,3,5,9-10,13H,2,4,6-7,17H2;1H. The van der Waals surface area contributed by atoms with Gasteiger partial charge in [-0.05, 0) is 58.8 Å². The molecular formula is C14H17BrClFN2O. The summed E-state index contributed by atoms with van der Waals surface area (Å²) in [6.45, 7) is 1.52. The molecule has 1 amide bonds. The molecule has 3 atom stereocenters. The Hall–Kier alpha value is -0.650. The Morgan fingerprint density at radius 1 is 1.35 bits per heavy atom. The first kappa shape index (κ1) is 15.7. The molecule has 2 aliphatic rings. The lowest BCUT2D eigenvalue weighted by Gasteiger charge is -2.19. The van der Waals surface area contributed by atoms with Gasteiger partial charge in [-0.15, -0.1) is 12.4 Å². The quantitative estimate of drug-likeness (QED) is 0.834. The van der Waals surface area contributed by atoms with Crippen LogP contribution < -0.4 is 5.73 Å². The number of benzene rings is 1. The summed E-state index contributed by atoms with van der Waals surface area (Å²) in [7, 11) is 0. The van der Waals surface area contributed by atoms with E-state index in [4.69, 9.17) is 5.73 Å². The van der Waals surface area contributed by atoms with Crippen molar-refractivity contribution in [2.45, 2.75) is 18.9 Å². The van der Waals surface area contributed by atoms with Gasteiger partial charge in [0.1, 0.15) is 5.82 Å². The molecule has 0 spiro atoms. The number of carbonyl (C=O) groups excluding carboxylic acids is 1. The molecule has 1 aromatic rings. The van der Waals surface area contributed by atoms with E-state index in [1.165, 1.54) is 12.1 Å². The fraction of sp³-hybridized carbons (Fsp3) is 0.500. The predicted octanol–water partition coefficient (Wildman–Crippen LogP) is 2.82. The van der Waals surface area contributed by atoms with Gasteiger partial charge >= 0.3 is 0 Å². The first-order valence-corrected chi connectivity index (χ1v) is 7.35. The van der Waals surface area contributed by atoms with E-state index in [1.807, 2.05) is 4.90 Å². The molecule has 110 valence electrons. The minimum atomic E-state index is -0.350. The molecule has 0 radical (unpaired) electrons. The fourth-order valence-electron chi connectivity index (χ4n) is 3.29. The molecule has 3 nitrogen and oxygen atoms in total. The monoisotopic (exact) mass is 362 g/mol. The molecule has 1 heterocycles. The zero-order valence-corrected chi connectivity index (χ0v) is 13.3. The van der Waals surface area contributed by atoms with Crippen LogP contribution in [0.2, 0.25) is 0 Å². The molecule has 1 aromatic carbocycles. The molecule has 0 aromatic heterocycles. The van der Waals surface area contributed by atoms with Gasteiger partial charge in [0, 0.05) is 24.7 Å². The summed E-state index contributed by atoms with van der Waals surface area (Å²) in [5, 5.41) is 0. The maximum Gasteiger partial charge on any atom is 0.253 e. The van der Waals surface area contributed by atoms with Crippen LogP contribution in [0.3, 0.4) is 0 Å². The Labute approximate surface area is 132 Å². The van der Waals surface area contributed by atoms with Gasteiger partial charge in [0.15, 0.2) is 0 Å². The smallest absolute Gasteiger partial charge is 0.253 e. The van der Waals surface area contributed by atoms with Crippen molar-refractivity contribution in [2.75, 3.05) is 13.1 Å². The van der Waals surface area contributed by atoms with Gasteiger partial charge in [-0.25, -0.2) is 4.39 Å². The van der Waals surface area contributed by atoms with Crippen molar-refractivity contribution in [3.63, 3.8) is 0 Å². The number of carbonyl (C=O) groups is 1. The maximum atomic E-state index is 13.2. The predicted molar refractivity (Wildman–Crippen MR) is 81.4 cm³/mol. The Morgan fingerprint density at radius 3 is 2.75 bits per heavy atom. The van der Waals surface area contributed by atoms with Gasteiger partial charge in [-0.3, -0.25) is 4.79 Å². The van der Waals surface area contributed by atoms with Gasteiger partial charge in [0.2, 0.25) is 0 Å². The van der Waals surface area contributed by atoms with E-state index in [1.54, 1.807) is 6.07 Å². The number of amides is 1. The van der Waals surface area contributed by atoms with Crippen molar-refractivity contribution in [3.8, 4) is 0 Å². The highest BCUT2D eigenvalue weighted by molar-refractivity contribution is 9.10. The number of likely N-dealkylation sites (tertiary alicyclic amines) is 1. The molecule has 1 saturated heterocycles. The summed E-state index contributed by atoms with van der Waals surface area (Å²) in [6, 6.07) is 4.63. The molecule has 6 heteroatoms. The van der Waals surface area contributed by atoms with Gasteiger partial charge in [-0.2, -0.15) is 0 Å². The largest absolute Gasteiger partial charge is 0.338 e. The molecule has 3 unspecified atom stereocenters. The number of fused-ring (bicyclic) bond motifs is 1. The summed E-state index contributed by atoms with van der Waals surface area (Å²) in [5.74, 6) is 0.606. The van der Waals surface area contributed by atoms with Crippen LogP contribution in [0, 0.1) is 17.7 Å².